The summed E-state index contributed by atoms with van der Waals surface area (Å²) in [7, 11) is 0. The topological polar surface area (TPSA) is 17.1 Å². The number of carbonyl (C=O) groups excluding carboxylic acids is 1. The van der Waals surface area contributed by atoms with Crippen molar-refractivity contribution in [1.82, 2.24) is 0 Å². The van der Waals surface area contributed by atoms with E-state index >= 15 is 0 Å². The third-order valence-corrected chi connectivity index (χ3v) is 3.02. The molecule has 0 saturated carbocycles. The molecule has 0 heterocycles. The first-order valence-corrected chi connectivity index (χ1v) is 5.90. The van der Waals surface area contributed by atoms with Crippen LogP contribution in [-0.2, 0) is 4.79 Å². The molecule has 0 unspecified atom stereocenters. The van der Waals surface area contributed by atoms with E-state index in [0.717, 1.165) is 29.1 Å². The molecule has 0 aromatic heterocycles. The lowest BCUT2D eigenvalue weighted by atomic mass is 10.1. The van der Waals surface area contributed by atoms with E-state index in [9.17, 15) is 4.79 Å². The molecule has 0 rings (SSSR count). The van der Waals surface area contributed by atoms with Gasteiger partial charge in [0.05, 0.1) is 4.91 Å². The zero-order valence-corrected chi connectivity index (χ0v) is 10.5. The molecule has 0 spiro atoms. The van der Waals surface area contributed by atoms with Crippen LogP contribution < -0.4 is 0 Å². The van der Waals surface area contributed by atoms with Gasteiger partial charge in [0, 0.05) is 0 Å². The number of rotatable bonds is 6. The van der Waals surface area contributed by atoms with Gasteiger partial charge in [-0.15, -0.1) is 0 Å². The molecule has 0 aliphatic heterocycles. The second-order valence-electron chi connectivity index (χ2n) is 3.40. The quantitative estimate of drug-likeness (QED) is 0.610. The summed E-state index contributed by atoms with van der Waals surface area (Å²) in [5.41, 5.74) is 1.27. The van der Waals surface area contributed by atoms with Crippen molar-refractivity contribution < 1.29 is 4.79 Å². The van der Waals surface area contributed by atoms with Crippen LogP contribution in [0.25, 0.3) is 0 Å². The Labute approximate surface area is 91.7 Å². The van der Waals surface area contributed by atoms with Crippen LogP contribution in [0.15, 0.2) is 22.0 Å². The van der Waals surface area contributed by atoms with Crippen LogP contribution in [-0.4, -0.2) is 5.78 Å². The Hall–Kier alpha value is -0.500. The summed E-state index contributed by atoms with van der Waals surface area (Å²) in [5.74, 6) is 0.170. The van der Waals surface area contributed by atoms with Gasteiger partial charge >= 0.3 is 0 Å². The van der Waals surface area contributed by atoms with Crippen LogP contribution in [0.1, 0.15) is 47.0 Å². The molecule has 0 aromatic rings. The van der Waals surface area contributed by atoms with Gasteiger partial charge in [-0.25, -0.2) is 0 Å². The molecule has 14 heavy (non-hydrogen) atoms. The summed E-state index contributed by atoms with van der Waals surface area (Å²) in [6, 6.07) is 0. The van der Waals surface area contributed by atoms with E-state index in [1.165, 1.54) is 17.3 Å². The third-order valence-electron chi connectivity index (χ3n) is 1.90. The first-order valence-electron chi connectivity index (χ1n) is 5.09. The van der Waals surface area contributed by atoms with Crippen molar-refractivity contribution in [3.8, 4) is 0 Å². The van der Waals surface area contributed by atoms with Crippen LogP contribution in [0.4, 0.5) is 0 Å². The molecule has 1 nitrogen and oxygen atoms in total. The van der Waals surface area contributed by atoms with Gasteiger partial charge < -0.3 is 0 Å². The molecule has 0 aromatic carbocycles. The zero-order chi connectivity index (χ0) is 11.1. The van der Waals surface area contributed by atoms with Gasteiger partial charge in [0.1, 0.15) is 0 Å². The highest BCUT2D eigenvalue weighted by Crippen LogP contribution is 2.30. The highest BCUT2D eigenvalue weighted by atomic mass is 32.2. The summed E-state index contributed by atoms with van der Waals surface area (Å²) in [6.07, 6.45) is 3.07. The Balaban J connectivity index is 4.88. The minimum atomic E-state index is 0.170. The lowest BCUT2D eigenvalue weighted by Crippen LogP contribution is -1.98. The van der Waals surface area contributed by atoms with Crippen molar-refractivity contribution in [1.29, 1.82) is 0 Å². The fourth-order valence-electron chi connectivity index (χ4n) is 1.32. The van der Waals surface area contributed by atoms with E-state index in [1.54, 1.807) is 6.92 Å². The monoisotopic (exact) mass is 212 g/mol. The summed E-state index contributed by atoms with van der Waals surface area (Å²) in [6.45, 7) is 11.6. The summed E-state index contributed by atoms with van der Waals surface area (Å²) < 4.78 is 0. The summed E-state index contributed by atoms with van der Waals surface area (Å²) >= 11 is 1.52. The molecule has 0 aliphatic rings. The predicted octanol–water partition coefficient (Wildman–Crippen LogP) is 4.31. The number of allylic oxidation sites excluding steroid dienone is 3. The van der Waals surface area contributed by atoms with Crippen molar-refractivity contribution in [3.63, 3.8) is 0 Å². The van der Waals surface area contributed by atoms with Gasteiger partial charge in [0.2, 0.25) is 0 Å². The first kappa shape index (κ1) is 13.5. The third kappa shape index (κ3) is 4.66. The van der Waals surface area contributed by atoms with Crippen LogP contribution in [0, 0.1) is 0 Å². The van der Waals surface area contributed by atoms with Gasteiger partial charge in [0.25, 0.3) is 0 Å². The van der Waals surface area contributed by atoms with Gasteiger partial charge in [0.15, 0.2) is 5.78 Å². The molecule has 0 N–H and O–H groups in total. The van der Waals surface area contributed by atoms with Crippen molar-refractivity contribution in [2.45, 2.75) is 47.0 Å². The van der Waals surface area contributed by atoms with Crippen molar-refractivity contribution in [3.05, 3.63) is 22.0 Å². The van der Waals surface area contributed by atoms with Gasteiger partial charge in [-0.3, -0.25) is 4.79 Å². The van der Waals surface area contributed by atoms with Crippen LogP contribution in [0.2, 0.25) is 0 Å². The normalized spacial score (nSPS) is 12.3. The van der Waals surface area contributed by atoms with Gasteiger partial charge in [-0.1, -0.05) is 44.2 Å². The minimum Gasteiger partial charge on any atom is -0.294 e. The Morgan fingerprint density at radius 1 is 1.29 bits per heavy atom. The lowest BCUT2D eigenvalue weighted by Gasteiger charge is -2.10. The molecule has 2 heteroatoms. The average Bonchev–Trinajstić information content (AvgIpc) is 2.10. The second kappa shape index (κ2) is 6.88. The fraction of sp³-hybridized carbons (Fsp3) is 0.583. The minimum absolute atomic E-state index is 0.170. The maximum Gasteiger partial charge on any atom is 0.166 e. The number of Topliss-reactive ketones (excluding diaryl/α,β-unsaturated/α-hetero) is 1. The molecular formula is C12H20OS. The fourth-order valence-corrected chi connectivity index (χ4v) is 2.20. The number of hydrogen-bond acceptors (Lipinski definition) is 2. The SMILES string of the molecule is C=C(C)S/C(C(C)=O)=C(/CC)CCC. The summed E-state index contributed by atoms with van der Waals surface area (Å²) in [5, 5.41) is 0. The maximum atomic E-state index is 11.4. The Morgan fingerprint density at radius 2 is 1.86 bits per heavy atom. The Bertz CT molecular complexity index is 251. The molecule has 0 radical (unpaired) electrons. The first-order chi connectivity index (χ1) is 6.52. The van der Waals surface area contributed by atoms with Crippen molar-refractivity contribution >= 4 is 17.5 Å². The number of carbonyl (C=O) groups is 1. The van der Waals surface area contributed by atoms with Crippen LogP contribution in [0.3, 0.4) is 0 Å². The van der Waals surface area contributed by atoms with E-state index in [-0.39, 0.29) is 5.78 Å². The molecular weight excluding hydrogens is 192 g/mol. The van der Waals surface area contributed by atoms with Gasteiger partial charge in [-0.2, -0.15) is 0 Å². The van der Waals surface area contributed by atoms with Crippen LogP contribution in [0.5, 0.6) is 0 Å². The zero-order valence-electron chi connectivity index (χ0n) is 9.64. The van der Waals surface area contributed by atoms with Crippen molar-refractivity contribution in [2.75, 3.05) is 0 Å². The van der Waals surface area contributed by atoms with Crippen LogP contribution >= 0.6 is 11.8 Å². The smallest absolute Gasteiger partial charge is 0.166 e. The number of hydrogen-bond donors (Lipinski definition) is 0. The lowest BCUT2D eigenvalue weighted by molar-refractivity contribution is -0.113. The van der Waals surface area contributed by atoms with Crippen molar-refractivity contribution in [2.24, 2.45) is 0 Å². The van der Waals surface area contributed by atoms with E-state index in [0.29, 0.717) is 0 Å². The largest absolute Gasteiger partial charge is 0.294 e. The molecule has 0 amide bonds. The van der Waals surface area contributed by atoms with E-state index < -0.39 is 0 Å². The van der Waals surface area contributed by atoms with E-state index in [4.69, 9.17) is 0 Å². The van der Waals surface area contributed by atoms with E-state index in [1.807, 2.05) is 6.92 Å². The molecule has 0 bridgehead atoms. The Kier molecular flexibility index (Phi) is 6.64. The highest BCUT2D eigenvalue weighted by Gasteiger charge is 2.10. The molecule has 80 valence electrons. The van der Waals surface area contributed by atoms with E-state index in [2.05, 4.69) is 20.4 Å². The summed E-state index contributed by atoms with van der Waals surface area (Å²) in [4.78, 5) is 13.3. The number of thioether (sulfide) groups is 1. The molecule has 0 atom stereocenters. The standard InChI is InChI=1S/C12H20OS/c1-6-8-11(7-2)12(10(5)13)14-9(3)4/h3,6-8H2,1-2,4-5H3/b12-11-. The average molecular weight is 212 g/mol. The predicted molar refractivity (Wildman–Crippen MR) is 65.3 cm³/mol. The molecule has 0 saturated heterocycles. The Morgan fingerprint density at radius 3 is 2.14 bits per heavy atom. The van der Waals surface area contributed by atoms with Gasteiger partial charge in [-0.05, 0) is 31.6 Å². The second-order valence-corrected chi connectivity index (χ2v) is 4.71. The molecule has 0 fully saturated rings. The highest BCUT2D eigenvalue weighted by molar-refractivity contribution is 8.07. The molecule has 0 aliphatic carbocycles. The maximum absolute atomic E-state index is 11.4. The number of ketones is 1.